The Bertz CT molecular complexity index is 891. The van der Waals surface area contributed by atoms with Gasteiger partial charge in [0.15, 0.2) is 11.5 Å². The maximum Gasteiger partial charge on any atom is 0.244 e. The van der Waals surface area contributed by atoms with Crippen molar-refractivity contribution < 1.29 is 14.3 Å². The number of ether oxygens (including phenoxy) is 2. The van der Waals surface area contributed by atoms with Crippen LogP contribution in [0.1, 0.15) is 43.9 Å². The lowest BCUT2D eigenvalue weighted by Crippen LogP contribution is -2.34. The summed E-state index contributed by atoms with van der Waals surface area (Å²) in [6.07, 6.45) is 5.91. The molecule has 0 bridgehead atoms. The maximum absolute atomic E-state index is 12.3. The number of nitrogens with zero attached hydrogens (tertiary/aromatic N) is 1. The third-order valence-corrected chi connectivity index (χ3v) is 5.60. The number of benzene rings is 2. The summed E-state index contributed by atoms with van der Waals surface area (Å²) in [6.45, 7) is 6.81. The molecular formula is C24H28N2O3. The first-order valence-electron chi connectivity index (χ1n) is 10.3. The molecule has 0 spiro atoms. The number of carbonyl (C=O) groups excluding carboxylic acids is 1. The molecule has 1 N–H and O–H groups in total. The van der Waals surface area contributed by atoms with E-state index < -0.39 is 0 Å². The molecule has 5 heteroatoms. The van der Waals surface area contributed by atoms with Gasteiger partial charge in [-0.05, 0) is 67.2 Å². The lowest BCUT2D eigenvalue weighted by Gasteiger charge is -2.33. The molecule has 2 unspecified atom stereocenters. The van der Waals surface area contributed by atoms with E-state index in [1.54, 1.807) is 12.2 Å². The molecule has 2 heterocycles. The predicted molar refractivity (Wildman–Crippen MR) is 115 cm³/mol. The zero-order valence-corrected chi connectivity index (χ0v) is 17.1. The largest absolute Gasteiger partial charge is 0.454 e. The number of amides is 1. The van der Waals surface area contributed by atoms with Gasteiger partial charge in [-0.25, -0.2) is 0 Å². The fourth-order valence-corrected chi connectivity index (χ4v) is 3.93. The second-order valence-electron chi connectivity index (χ2n) is 7.96. The van der Waals surface area contributed by atoms with E-state index in [0.717, 1.165) is 35.9 Å². The van der Waals surface area contributed by atoms with E-state index in [1.807, 2.05) is 25.1 Å². The SMILES string of the molecule is CC1CCCN(c2ccc(C(C)NC(=O)/C=C/c3ccc4c(c3)OCO4)cc2)C1. The van der Waals surface area contributed by atoms with Crippen LogP contribution in [0.2, 0.25) is 0 Å². The maximum atomic E-state index is 12.3. The summed E-state index contributed by atoms with van der Waals surface area (Å²) in [5, 5.41) is 3.03. The van der Waals surface area contributed by atoms with E-state index in [2.05, 4.69) is 41.4 Å². The van der Waals surface area contributed by atoms with Crippen molar-refractivity contribution in [3.8, 4) is 11.5 Å². The molecule has 1 fully saturated rings. The summed E-state index contributed by atoms with van der Waals surface area (Å²) in [5.41, 5.74) is 3.27. The average molecular weight is 392 g/mol. The van der Waals surface area contributed by atoms with Gasteiger partial charge in [0, 0.05) is 24.9 Å². The van der Waals surface area contributed by atoms with E-state index in [4.69, 9.17) is 9.47 Å². The van der Waals surface area contributed by atoms with Gasteiger partial charge >= 0.3 is 0 Å². The van der Waals surface area contributed by atoms with Gasteiger partial charge in [0.2, 0.25) is 12.7 Å². The zero-order valence-electron chi connectivity index (χ0n) is 17.1. The number of anilines is 1. The highest BCUT2D eigenvalue weighted by Gasteiger charge is 2.17. The van der Waals surface area contributed by atoms with Crippen LogP contribution in [0.4, 0.5) is 5.69 Å². The van der Waals surface area contributed by atoms with E-state index in [0.29, 0.717) is 5.75 Å². The van der Waals surface area contributed by atoms with Crippen molar-refractivity contribution in [3.63, 3.8) is 0 Å². The lowest BCUT2D eigenvalue weighted by atomic mass is 9.99. The third kappa shape index (κ3) is 4.73. The van der Waals surface area contributed by atoms with Crippen LogP contribution in [0.25, 0.3) is 6.08 Å². The Kier molecular flexibility index (Phi) is 5.74. The van der Waals surface area contributed by atoms with E-state index in [9.17, 15) is 4.79 Å². The van der Waals surface area contributed by atoms with Gasteiger partial charge in [-0.15, -0.1) is 0 Å². The molecule has 0 saturated carbocycles. The number of rotatable bonds is 5. The molecule has 2 aromatic carbocycles. The van der Waals surface area contributed by atoms with Crippen molar-refractivity contribution in [2.45, 2.75) is 32.7 Å². The fourth-order valence-electron chi connectivity index (χ4n) is 3.93. The number of hydrogen-bond acceptors (Lipinski definition) is 4. The molecule has 2 atom stereocenters. The average Bonchev–Trinajstić information content (AvgIpc) is 3.20. The van der Waals surface area contributed by atoms with Gasteiger partial charge in [-0.3, -0.25) is 4.79 Å². The second-order valence-corrected chi connectivity index (χ2v) is 7.96. The standard InChI is InChI=1S/C24H28N2O3/c1-17-4-3-13-26(15-17)21-9-7-20(8-10-21)18(2)25-24(27)12-6-19-5-11-22-23(14-19)29-16-28-22/h5-12,14,17-18H,3-4,13,15-16H2,1-2H3,(H,25,27)/b12-6+. The van der Waals surface area contributed by atoms with Crippen LogP contribution in [0.15, 0.2) is 48.5 Å². The molecule has 1 amide bonds. The van der Waals surface area contributed by atoms with Crippen LogP contribution in [-0.2, 0) is 4.79 Å². The van der Waals surface area contributed by atoms with Gasteiger partial charge in [0.05, 0.1) is 6.04 Å². The number of hydrogen-bond donors (Lipinski definition) is 1. The Labute approximate surface area is 172 Å². The van der Waals surface area contributed by atoms with E-state index in [1.165, 1.54) is 18.5 Å². The van der Waals surface area contributed by atoms with Gasteiger partial charge in [0.1, 0.15) is 0 Å². The van der Waals surface area contributed by atoms with Crippen molar-refractivity contribution in [1.82, 2.24) is 5.32 Å². The molecule has 5 nitrogen and oxygen atoms in total. The van der Waals surface area contributed by atoms with Crippen LogP contribution in [0.3, 0.4) is 0 Å². The normalized spacial score (nSPS) is 19.4. The Morgan fingerprint density at radius 2 is 1.97 bits per heavy atom. The first-order valence-corrected chi connectivity index (χ1v) is 10.3. The minimum Gasteiger partial charge on any atom is -0.454 e. The van der Waals surface area contributed by atoms with E-state index >= 15 is 0 Å². The minimum atomic E-state index is -0.121. The summed E-state index contributed by atoms with van der Waals surface area (Å²) < 4.78 is 10.7. The summed E-state index contributed by atoms with van der Waals surface area (Å²) >= 11 is 0. The summed E-state index contributed by atoms with van der Waals surface area (Å²) in [6, 6.07) is 14.1. The molecule has 2 aliphatic heterocycles. The van der Waals surface area contributed by atoms with Crippen molar-refractivity contribution in [2.75, 3.05) is 24.8 Å². The van der Waals surface area contributed by atoms with Crippen molar-refractivity contribution in [1.29, 1.82) is 0 Å². The molecular weight excluding hydrogens is 364 g/mol. The quantitative estimate of drug-likeness (QED) is 0.759. The molecule has 2 aliphatic rings. The van der Waals surface area contributed by atoms with Crippen LogP contribution in [0, 0.1) is 5.92 Å². The molecule has 1 saturated heterocycles. The molecule has 0 radical (unpaired) electrons. The van der Waals surface area contributed by atoms with Gasteiger partial charge in [0.25, 0.3) is 0 Å². The highest BCUT2D eigenvalue weighted by molar-refractivity contribution is 5.92. The van der Waals surface area contributed by atoms with Crippen LogP contribution in [-0.4, -0.2) is 25.8 Å². The highest BCUT2D eigenvalue weighted by Crippen LogP contribution is 2.32. The predicted octanol–water partition coefficient (Wildman–Crippen LogP) is 4.54. The highest BCUT2D eigenvalue weighted by atomic mass is 16.7. The number of nitrogens with one attached hydrogen (secondary N) is 1. The number of carbonyl (C=O) groups is 1. The molecule has 0 aromatic heterocycles. The monoisotopic (exact) mass is 392 g/mol. The Hall–Kier alpha value is -2.95. The minimum absolute atomic E-state index is 0.0572. The van der Waals surface area contributed by atoms with Crippen molar-refractivity contribution >= 4 is 17.7 Å². The molecule has 2 aromatic rings. The van der Waals surface area contributed by atoms with E-state index in [-0.39, 0.29) is 18.7 Å². The first-order chi connectivity index (χ1) is 14.1. The van der Waals surface area contributed by atoms with Gasteiger partial charge in [-0.2, -0.15) is 0 Å². The van der Waals surface area contributed by atoms with Crippen LogP contribution in [0.5, 0.6) is 11.5 Å². The summed E-state index contributed by atoms with van der Waals surface area (Å²) in [7, 11) is 0. The lowest BCUT2D eigenvalue weighted by molar-refractivity contribution is -0.117. The fraction of sp³-hybridized carbons (Fsp3) is 0.375. The molecule has 152 valence electrons. The smallest absolute Gasteiger partial charge is 0.244 e. The Morgan fingerprint density at radius 1 is 1.17 bits per heavy atom. The Balaban J connectivity index is 1.33. The van der Waals surface area contributed by atoms with Crippen molar-refractivity contribution in [3.05, 3.63) is 59.7 Å². The zero-order chi connectivity index (χ0) is 20.2. The summed E-state index contributed by atoms with van der Waals surface area (Å²) in [5.74, 6) is 2.08. The van der Waals surface area contributed by atoms with Crippen LogP contribution < -0.4 is 19.7 Å². The van der Waals surface area contributed by atoms with Crippen molar-refractivity contribution in [2.24, 2.45) is 5.92 Å². The third-order valence-electron chi connectivity index (χ3n) is 5.60. The molecule has 0 aliphatic carbocycles. The van der Waals surface area contributed by atoms with Gasteiger partial charge < -0.3 is 19.7 Å². The van der Waals surface area contributed by atoms with Gasteiger partial charge in [-0.1, -0.05) is 25.1 Å². The summed E-state index contributed by atoms with van der Waals surface area (Å²) in [4.78, 5) is 14.8. The second kappa shape index (κ2) is 8.60. The topological polar surface area (TPSA) is 50.8 Å². The molecule has 29 heavy (non-hydrogen) atoms. The first kappa shape index (κ1) is 19.4. The number of fused-ring (bicyclic) bond motifs is 1. The number of piperidine rings is 1. The van der Waals surface area contributed by atoms with Crippen LogP contribution >= 0.6 is 0 Å². The molecule has 4 rings (SSSR count). The Morgan fingerprint density at radius 3 is 2.76 bits per heavy atom.